The Kier molecular flexibility index (Phi) is 6.01. The van der Waals surface area contributed by atoms with E-state index in [-0.39, 0.29) is 23.2 Å². The number of amides is 3. The number of nitrogens with one attached hydrogen (secondary N) is 1. The molecular formula is C24H23N3O6. The van der Waals surface area contributed by atoms with Gasteiger partial charge < -0.3 is 14.5 Å². The number of esters is 1. The number of benzene rings is 1. The normalized spacial score (nSPS) is 17.8. The monoisotopic (exact) mass is 449 g/mol. The molecule has 2 aromatic rings. The molecule has 9 nitrogen and oxygen atoms in total. The smallest absolute Gasteiger partial charge is 0.338 e. The van der Waals surface area contributed by atoms with E-state index in [0.717, 1.165) is 24.2 Å². The van der Waals surface area contributed by atoms with Crippen LogP contribution in [0.25, 0.3) is 0 Å². The highest BCUT2D eigenvalue weighted by molar-refractivity contribution is 6.21. The van der Waals surface area contributed by atoms with Crippen LogP contribution in [-0.2, 0) is 16.1 Å². The van der Waals surface area contributed by atoms with Crippen molar-refractivity contribution < 1.29 is 28.3 Å². The van der Waals surface area contributed by atoms with Crippen molar-refractivity contribution in [1.29, 1.82) is 5.26 Å². The molecule has 0 unspecified atom stereocenters. The first-order valence-corrected chi connectivity index (χ1v) is 10.8. The van der Waals surface area contributed by atoms with Gasteiger partial charge in [-0.2, -0.15) is 5.26 Å². The maximum absolute atomic E-state index is 12.7. The second-order valence-corrected chi connectivity index (χ2v) is 8.33. The first-order chi connectivity index (χ1) is 15.8. The summed E-state index contributed by atoms with van der Waals surface area (Å²) in [6.07, 6.45) is 4.15. The Balaban J connectivity index is 1.43. The third-order valence-corrected chi connectivity index (χ3v) is 6.04. The molecule has 1 aliphatic carbocycles. The van der Waals surface area contributed by atoms with Crippen molar-refractivity contribution >= 4 is 23.7 Å². The number of ether oxygens (including phenoxy) is 1. The molecule has 1 aliphatic heterocycles. The zero-order valence-corrected chi connectivity index (χ0v) is 18.1. The van der Waals surface area contributed by atoms with Crippen molar-refractivity contribution in [2.75, 3.05) is 0 Å². The molecule has 1 aromatic carbocycles. The molecular weight excluding hydrogens is 426 g/mol. The van der Waals surface area contributed by atoms with Crippen LogP contribution < -0.4 is 5.32 Å². The molecule has 3 amide bonds. The number of hydrogen-bond donors (Lipinski definition) is 1. The lowest BCUT2D eigenvalue weighted by atomic mass is 9.83. The Morgan fingerprint density at radius 3 is 2.58 bits per heavy atom. The van der Waals surface area contributed by atoms with E-state index in [1.807, 2.05) is 0 Å². The van der Waals surface area contributed by atoms with Gasteiger partial charge >= 0.3 is 5.97 Å². The van der Waals surface area contributed by atoms with Gasteiger partial charge in [0.1, 0.15) is 11.3 Å². The van der Waals surface area contributed by atoms with Crippen LogP contribution in [0, 0.1) is 11.3 Å². The minimum Gasteiger partial charge on any atom is -0.467 e. The minimum atomic E-state index is -1.13. The number of rotatable bonds is 6. The minimum absolute atomic E-state index is 0.0169. The summed E-state index contributed by atoms with van der Waals surface area (Å²) < 4.78 is 10.5. The van der Waals surface area contributed by atoms with Crippen LogP contribution in [0.1, 0.15) is 75.9 Å². The van der Waals surface area contributed by atoms with Crippen molar-refractivity contribution in [3.8, 4) is 6.07 Å². The summed E-state index contributed by atoms with van der Waals surface area (Å²) in [5.41, 5.74) is -0.624. The van der Waals surface area contributed by atoms with Crippen molar-refractivity contribution in [3.63, 3.8) is 0 Å². The number of hydrogen-bond acceptors (Lipinski definition) is 7. The number of carbonyl (C=O) groups is 4. The van der Waals surface area contributed by atoms with Gasteiger partial charge in [0.05, 0.1) is 35.6 Å². The van der Waals surface area contributed by atoms with Crippen molar-refractivity contribution in [1.82, 2.24) is 10.2 Å². The van der Waals surface area contributed by atoms with Gasteiger partial charge in [0, 0.05) is 0 Å². The van der Waals surface area contributed by atoms with E-state index in [1.165, 1.54) is 31.4 Å². The SMILES string of the molecule is C[C@@H](OC(=O)c1ccc2c(c1)C(=O)N(Cc1ccco1)C2=O)C(=O)NC1(C#N)CCCCC1. The molecule has 1 aromatic heterocycles. The van der Waals surface area contributed by atoms with Gasteiger partial charge in [0.2, 0.25) is 0 Å². The van der Waals surface area contributed by atoms with Crippen LogP contribution in [0.3, 0.4) is 0 Å². The van der Waals surface area contributed by atoms with Gasteiger partial charge in [-0.15, -0.1) is 0 Å². The summed E-state index contributed by atoms with van der Waals surface area (Å²) in [7, 11) is 0. The van der Waals surface area contributed by atoms with Gasteiger partial charge in [-0.05, 0) is 50.1 Å². The van der Waals surface area contributed by atoms with Crippen LogP contribution in [0.15, 0.2) is 41.0 Å². The number of carbonyl (C=O) groups excluding carboxylic acids is 4. The Morgan fingerprint density at radius 2 is 1.91 bits per heavy atom. The molecule has 170 valence electrons. The van der Waals surface area contributed by atoms with Gasteiger partial charge in [-0.25, -0.2) is 4.79 Å². The molecule has 0 bridgehead atoms. The summed E-state index contributed by atoms with van der Waals surface area (Å²) in [6, 6.07) is 9.57. The zero-order chi connectivity index (χ0) is 23.6. The first kappa shape index (κ1) is 22.3. The van der Waals surface area contributed by atoms with Crippen LogP contribution >= 0.6 is 0 Å². The topological polar surface area (TPSA) is 130 Å². The first-order valence-electron chi connectivity index (χ1n) is 10.8. The van der Waals surface area contributed by atoms with Crippen LogP contribution in [0.4, 0.5) is 0 Å². The Morgan fingerprint density at radius 1 is 1.18 bits per heavy atom. The summed E-state index contributed by atoms with van der Waals surface area (Å²) in [6.45, 7) is 1.41. The summed E-state index contributed by atoms with van der Waals surface area (Å²) >= 11 is 0. The standard InChI is InChI=1S/C24H23N3O6/c1-15(20(28)26-24(14-25)9-3-2-4-10-24)33-23(31)16-7-8-18-19(12-16)22(30)27(21(18)29)13-17-6-5-11-32-17/h5-8,11-12,15H,2-4,9-10,13H2,1H3,(H,26,28)/t15-/m1/s1. The largest absolute Gasteiger partial charge is 0.467 e. The Labute approximate surface area is 190 Å². The second-order valence-electron chi connectivity index (χ2n) is 8.33. The summed E-state index contributed by atoms with van der Waals surface area (Å²) in [5, 5.41) is 12.3. The van der Waals surface area contributed by atoms with E-state index in [9.17, 15) is 24.4 Å². The fourth-order valence-electron chi connectivity index (χ4n) is 4.16. The van der Waals surface area contributed by atoms with E-state index in [2.05, 4.69) is 11.4 Å². The molecule has 33 heavy (non-hydrogen) atoms. The average Bonchev–Trinajstić information content (AvgIpc) is 3.42. The molecule has 4 rings (SSSR count). The number of furan rings is 1. The third-order valence-electron chi connectivity index (χ3n) is 6.04. The predicted octanol–water partition coefficient (Wildman–Crippen LogP) is 2.96. The zero-order valence-electron chi connectivity index (χ0n) is 18.1. The fourth-order valence-corrected chi connectivity index (χ4v) is 4.16. The third kappa shape index (κ3) is 4.37. The van der Waals surface area contributed by atoms with Crippen LogP contribution in [0.5, 0.6) is 0 Å². The van der Waals surface area contributed by atoms with E-state index < -0.39 is 35.3 Å². The maximum atomic E-state index is 12.7. The van der Waals surface area contributed by atoms with Crippen molar-refractivity contribution in [3.05, 3.63) is 59.0 Å². The van der Waals surface area contributed by atoms with Crippen LogP contribution in [0.2, 0.25) is 0 Å². The second kappa shape index (κ2) is 8.90. The van der Waals surface area contributed by atoms with Crippen LogP contribution in [-0.4, -0.2) is 40.2 Å². The molecule has 2 aliphatic rings. The van der Waals surface area contributed by atoms with Gasteiger partial charge in [0.25, 0.3) is 17.7 Å². The highest BCUT2D eigenvalue weighted by atomic mass is 16.5. The molecule has 1 fully saturated rings. The number of nitriles is 1. The summed E-state index contributed by atoms with van der Waals surface area (Å²) in [4.78, 5) is 51.6. The molecule has 1 N–H and O–H groups in total. The molecule has 2 heterocycles. The highest BCUT2D eigenvalue weighted by Crippen LogP contribution is 2.28. The lowest BCUT2D eigenvalue weighted by Gasteiger charge is -2.32. The predicted molar refractivity (Wildman–Crippen MR) is 114 cm³/mol. The van der Waals surface area contributed by atoms with Crippen molar-refractivity contribution in [2.24, 2.45) is 0 Å². The molecule has 1 atom stereocenters. The van der Waals surface area contributed by atoms with E-state index >= 15 is 0 Å². The number of nitrogens with zero attached hydrogens (tertiary/aromatic N) is 2. The molecule has 0 radical (unpaired) electrons. The Bertz CT molecular complexity index is 1140. The lowest BCUT2D eigenvalue weighted by molar-refractivity contribution is -0.130. The molecule has 0 spiro atoms. The quantitative estimate of drug-likeness (QED) is 0.530. The van der Waals surface area contributed by atoms with Gasteiger partial charge in [-0.1, -0.05) is 19.3 Å². The average molecular weight is 449 g/mol. The van der Waals surface area contributed by atoms with E-state index in [1.54, 1.807) is 12.1 Å². The number of imide groups is 1. The maximum Gasteiger partial charge on any atom is 0.338 e. The van der Waals surface area contributed by atoms with E-state index in [4.69, 9.17) is 9.15 Å². The van der Waals surface area contributed by atoms with Crippen molar-refractivity contribution in [2.45, 2.75) is 57.2 Å². The number of fused-ring (bicyclic) bond motifs is 1. The van der Waals surface area contributed by atoms with Gasteiger partial charge in [-0.3, -0.25) is 19.3 Å². The lowest BCUT2D eigenvalue weighted by Crippen LogP contribution is -2.52. The van der Waals surface area contributed by atoms with E-state index in [0.29, 0.717) is 18.6 Å². The Hall–Kier alpha value is -3.93. The summed E-state index contributed by atoms with van der Waals surface area (Å²) in [5.74, 6) is -1.92. The van der Waals surface area contributed by atoms with Gasteiger partial charge in [0.15, 0.2) is 6.10 Å². The molecule has 0 saturated heterocycles. The highest BCUT2D eigenvalue weighted by Gasteiger charge is 2.38. The fraction of sp³-hybridized carbons (Fsp3) is 0.375. The molecule has 9 heteroatoms. The molecule has 1 saturated carbocycles.